The number of nitrogens with one attached hydrogen (secondary N) is 1. The van der Waals surface area contributed by atoms with Gasteiger partial charge in [-0.2, -0.15) is 0 Å². The second-order valence-electron chi connectivity index (χ2n) is 5.16. The van der Waals surface area contributed by atoms with Crippen molar-refractivity contribution in [2.45, 2.75) is 13.8 Å². The Balaban J connectivity index is 1.92. The van der Waals surface area contributed by atoms with Crippen LogP contribution in [0.5, 0.6) is 5.75 Å². The van der Waals surface area contributed by atoms with Crippen molar-refractivity contribution in [3.63, 3.8) is 0 Å². The van der Waals surface area contributed by atoms with Crippen molar-refractivity contribution in [3.05, 3.63) is 58.0 Å². The standard InChI is InChI=1S/C17H15Cl2N3O2/c1-3-24-13-6-4-12(5-7-13)21-17(23)15-10(2)20-16-14(19)8-11(18)9-22(15)16/h4-9H,3H2,1-2H3,(H,21,23). The second-order valence-corrected chi connectivity index (χ2v) is 6.00. The molecule has 3 rings (SSSR count). The summed E-state index contributed by atoms with van der Waals surface area (Å²) in [5.41, 5.74) is 2.12. The maximum Gasteiger partial charge on any atom is 0.274 e. The molecule has 24 heavy (non-hydrogen) atoms. The van der Waals surface area contributed by atoms with Gasteiger partial charge in [-0.15, -0.1) is 0 Å². The fourth-order valence-electron chi connectivity index (χ4n) is 2.45. The number of carbonyl (C=O) groups excluding carboxylic acids is 1. The number of anilines is 1. The number of hydrogen-bond acceptors (Lipinski definition) is 3. The van der Waals surface area contributed by atoms with E-state index < -0.39 is 0 Å². The summed E-state index contributed by atoms with van der Waals surface area (Å²) in [5, 5.41) is 3.67. The van der Waals surface area contributed by atoms with Crippen molar-refractivity contribution in [1.82, 2.24) is 9.38 Å². The van der Waals surface area contributed by atoms with Crippen LogP contribution in [0, 0.1) is 6.92 Å². The van der Waals surface area contributed by atoms with Crippen molar-refractivity contribution in [3.8, 4) is 5.75 Å². The van der Waals surface area contributed by atoms with Crippen molar-refractivity contribution >= 4 is 40.4 Å². The number of hydrogen-bond donors (Lipinski definition) is 1. The number of benzene rings is 1. The largest absolute Gasteiger partial charge is 0.494 e. The highest BCUT2D eigenvalue weighted by Gasteiger charge is 2.19. The first kappa shape index (κ1) is 16.6. The van der Waals surface area contributed by atoms with Crippen molar-refractivity contribution in [2.75, 3.05) is 11.9 Å². The minimum atomic E-state index is -0.289. The van der Waals surface area contributed by atoms with Crippen LogP contribution in [-0.2, 0) is 0 Å². The summed E-state index contributed by atoms with van der Waals surface area (Å²) in [6.45, 7) is 4.26. The van der Waals surface area contributed by atoms with Crippen LogP contribution >= 0.6 is 23.2 Å². The van der Waals surface area contributed by atoms with Crippen molar-refractivity contribution < 1.29 is 9.53 Å². The molecule has 0 atom stereocenters. The van der Waals surface area contributed by atoms with Gasteiger partial charge in [0.2, 0.25) is 0 Å². The average molecular weight is 364 g/mol. The molecule has 0 spiro atoms. The van der Waals surface area contributed by atoms with Crippen molar-refractivity contribution in [1.29, 1.82) is 0 Å². The molecule has 1 amide bonds. The molecule has 5 nitrogen and oxygen atoms in total. The SMILES string of the molecule is CCOc1ccc(NC(=O)c2c(C)nc3c(Cl)cc(Cl)cn23)cc1. The van der Waals surface area contributed by atoms with Gasteiger partial charge in [0.05, 0.1) is 22.3 Å². The van der Waals surface area contributed by atoms with E-state index in [2.05, 4.69) is 10.3 Å². The molecule has 0 aliphatic rings. The monoisotopic (exact) mass is 363 g/mol. The number of nitrogens with zero attached hydrogens (tertiary/aromatic N) is 2. The Morgan fingerprint density at radius 1 is 1.29 bits per heavy atom. The third kappa shape index (κ3) is 3.18. The summed E-state index contributed by atoms with van der Waals surface area (Å²) in [4.78, 5) is 17.0. The molecule has 0 aliphatic carbocycles. The first-order valence-corrected chi connectivity index (χ1v) is 8.13. The maximum absolute atomic E-state index is 12.7. The lowest BCUT2D eigenvalue weighted by Crippen LogP contribution is -2.15. The number of carbonyl (C=O) groups is 1. The Hall–Kier alpha value is -2.24. The number of amides is 1. The van der Waals surface area contributed by atoms with E-state index in [1.807, 2.05) is 6.92 Å². The van der Waals surface area contributed by atoms with E-state index in [0.29, 0.717) is 39.4 Å². The number of aryl methyl sites for hydroxylation is 1. The highest BCUT2D eigenvalue weighted by atomic mass is 35.5. The first-order chi connectivity index (χ1) is 11.5. The van der Waals surface area contributed by atoms with Gasteiger partial charge in [-0.25, -0.2) is 4.98 Å². The Morgan fingerprint density at radius 3 is 2.67 bits per heavy atom. The number of rotatable bonds is 4. The van der Waals surface area contributed by atoms with Gasteiger partial charge in [0.25, 0.3) is 5.91 Å². The number of pyridine rings is 1. The summed E-state index contributed by atoms with van der Waals surface area (Å²) < 4.78 is 6.99. The normalized spacial score (nSPS) is 10.8. The molecule has 124 valence electrons. The molecule has 0 saturated heterocycles. The fourth-order valence-corrected chi connectivity index (χ4v) is 2.96. The highest BCUT2D eigenvalue weighted by Crippen LogP contribution is 2.25. The smallest absolute Gasteiger partial charge is 0.274 e. The van der Waals surface area contributed by atoms with E-state index in [0.717, 1.165) is 5.75 Å². The highest BCUT2D eigenvalue weighted by molar-refractivity contribution is 6.36. The lowest BCUT2D eigenvalue weighted by atomic mass is 10.2. The zero-order valence-corrected chi connectivity index (χ0v) is 14.6. The van der Waals surface area contributed by atoms with Crippen LogP contribution < -0.4 is 10.1 Å². The fraction of sp³-hybridized carbons (Fsp3) is 0.176. The third-order valence-corrected chi connectivity index (χ3v) is 3.94. The molecule has 2 aromatic heterocycles. The summed E-state index contributed by atoms with van der Waals surface area (Å²) in [5.74, 6) is 0.461. The lowest BCUT2D eigenvalue weighted by molar-refractivity contribution is 0.102. The summed E-state index contributed by atoms with van der Waals surface area (Å²) in [7, 11) is 0. The number of ether oxygens (including phenoxy) is 1. The molecular formula is C17H15Cl2N3O2. The van der Waals surface area contributed by atoms with Gasteiger partial charge in [0.1, 0.15) is 11.4 Å². The van der Waals surface area contributed by atoms with Crippen LogP contribution in [0.3, 0.4) is 0 Å². The topological polar surface area (TPSA) is 55.6 Å². The van der Waals surface area contributed by atoms with Crippen LogP contribution in [0.1, 0.15) is 23.1 Å². The maximum atomic E-state index is 12.7. The summed E-state index contributed by atoms with van der Waals surface area (Å²) in [6.07, 6.45) is 1.62. The molecular weight excluding hydrogens is 349 g/mol. The van der Waals surface area contributed by atoms with E-state index in [1.165, 1.54) is 0 Å². The molecule has 0 aliphatic heterocycles. The zero-order valence-electron chi connectivity index (χ0n) is 13.1. The van der Waals surface area contributed by atoms with E-state index in [1.54, 1.807) is 47.9 Å². The minimum Gasteiger partial charge on any atom is -0.494 e. The summed E-state index contributed by atoms with van der Waals surface area (Å²) >= 11 is 12.2. The number of fused-ring (bicyclic) bond motifs is 1. The van der Waals surface area contributed by atoms with Crippen LogP contribution in [-0.4, -0.2) is 21.9 Å². The number of halogens is 2. The second kappa shape index (κ2) is 6.71. The van der Waals surface area contributed by atoms with E-state index >= 15 is 0 Å². The molecule has 0 fully saturated rings. The molecule has 1 aromatic carbocycles. The van der Waals surface area contributed by atoms with Gasteiger partial charge in [0.15, 0.2) is 5.65 Å². The summed E-state index contributed by atoms with van der Waals surface area (Å²) in [6, 6.07) is 8.75. The van der Waals surface area contributed by atoms with Gasteiger partial charge >= 0.3 is 0 Å². The Morgan fingerprint density at radius 2 is 2.00 bits per heavy atom. The Bertz CT molecular complexity index is 904. The molecule has 0 radical (unpaired) electrons. The Labute approximate surface area is 149 Å². The van der Waals surface area contributed by atoms with E-state index in [9.17, 15) is 4.79 Å². The zero-order chi connectivity index (χ0) is 17.3. The third-order valence-electron chi connectivity index (χ3n) is 3.45. The lowest BCUT2D eigenvalue weighted by Gasteiger charge is -2.08. The van der Waals surface area contributed by atoms with Gasteiger partial charge in [0, 0.05) is 11.9 Å². The van der Waals surface area contributed by atoms with Gasteiger partial charge in [-0.1, -0.05) is 23.2 Å². The first-order valence-electron chi connectivity index (χ1n) is 7.37. The van der Waals surface area contributed by atoms with Gasteiger partial charge in [-0.3, -0.25) is 9.20 Å². The van der Waals surface area contributed by atoms with Crippen LogP contribution in [0.4, 0.5) is 5.69 Å². The molecule has 0 unspecified atom stereocenters. The molecule has 2 heterocycles. The van der Waals surface area contributed by atoms with Gasteiger partial charge < -0.3 is 10.1 Å². The van der Waals surface area contributed by atoms with Crippen molar-refractivity contribution in [2.24, 2.45) is 0 Å². The van der Waals surface area contributed by atoms with Crippen LogP contribution in [0.2, 0.25) is 10.0 Å². The van der Waals surface area contributed by atoms with E-state index in [4.69, 9.17) is 27.9 Å². The molecule has 0 saturated carbocycles. The predicted octanol–water partition coefficient (Wildman–Crippen LogP) is 4.60. The minimum absolute atomic E-state index is 0.289. The predicted molar refractivity (Wildman–Crippen MR) is 95.5 cm³/mol. The number of imidazole rings is 1. The Kier molecular flexibility index (Phi) is 4.64. The van der Waals surface area contributed by atoms with Crippen LogP contribution in [0.15, 0.2) is 36.5 Å². The van der Waals surface area contributed by atoms with E-state index in [-0.39, 0.29) is 5.91 Å². The molecule has 3 aromatic rings. The van der Waals surface area contributed by atoms with Crippen LogP contribution in [0.25, 0.3) is 5.65 Å². The van der Waals surface area contributed by atoms with Gasteiger partial charge in [-0.05, 0) is 44.2 Å². The average Bonchev–Trinajstić information content (AvgIpc) is 2.86. The molecule has 1 N–H and O–H groups in total. The molecule has 7 heteroatoms. The molecule has 0 bridgehead atoms. The number of aromatic nitrogens is 2. The quantitative estimate of drug-likeness (QED) is 0.736.